The molecule has 2 aliphatic rings. The molecule has 2 saturated heterocycles. The highest BCUT2D eigenvalue weighted by Gasteiger charge is 2.55. The standard InChI is InChI=1S/C21H25N3O5/c1-28-15-8-7-12(11-16(15)29-2)20-17-18(13-5-3-4-6-14(13)26)22-23-19(17)21(27)24(20)9-10-25/h3-8,11,17-20,22-23,25-26H,9-10H2,1-2H3. The van der Waals surface area contributed by atoms with Gasteiger partial charge in [0.1, 0.15) is 11.8 Å². The Hall–Kier alpha value is -2.81. The number of hydrogen-bond acceptors (Lipinski definition) is 7. The second-order valence-electron chi connectivity index (χ2n) is 7.19. The molecule has 0 saturated carbocycles. The van der Waals surface area contributed by atoms with Crippen LogP contribution < -0.4 is 20.3 Å². The lowest BCUT2D eigenvalue weighted by atomic mass is 9.83. The van der Waals surface area contributed by atoms with Crippen molar-refractivity contribution in [3.8, 4) is 17.2 Å². The number of hydrogen-bond donors (Lipinski definition) is 4. The maximum atomic E-state index is 13.1. The summed E-state index contributed by atoms with van der Waals surface area (Å²) in [5, 5.41) is 20.0. The van der Waals surface area contributed by atoms with Crippen molar-refractivity contribution in [1.29, 1.82) is 0 Å². The zero-order chi connectivity index (χ0) is 20.5. The maximum absolute atomic E-state index is 13.1. The van der Waals surface area contributed by atoms with Gasteiger partial charge in [-0.15, -0.1) is 0 Å². The highest BCUT2D eigenvalue weighted by Crippen LogP contribution is 2.49. The first-order valence-corrected chi connectivity index (χ1v) is 9.53. The van der Waals surface area contributed by atoms with Crippen LogP contribution in [-0.2, 0) is 4.79 Å². The Morgan fingerprint density at radius 1 is 1.03 bits per heavy atom. The molecule has 2 aromatic carbocycles. The van der Waals surface area contributed by atoms with Crippen molar-refractivity contribution < 1.29 is 24.5 Å². The first kappa shape index (κ1) is 19.5. The minimum Gasteiger partial charge on any atom is -0.508 e. The number of hydrazine groups is 1. The minimum absolute atomic E-state index is 0.0887. The number of ether oxygens (including phenoxy) is 2. The number of benzene rings is 2. The normalized spacial score (nSPS) is 25.9. The van der Waals surface area contributed by atoms with Crippen LogP contribution in [0.25, 0.3) is 0 Å². The van der Waals surface area contributed by atoms with E-state index < -0.39 is 6.04 Å². The van der Waals surface area contributed by atoms with Crippen molar-refractivity contribution in [2.24, 2.45) is 5.92 Å². The van der Waals surface area contributed by atoms with Gasteiger partial charge < -0.3 is 24.6 Å². The Morgan fingerprint density at radius 3 is 2.45 bits per heavy atom. The van der Waals surface area contributed by atoms with Gasteiger partial charge in [-0.25, -0.2) is 10.9 Å². The second-order valence-corrected chi connectivity index (χ2v) is 7.19. The molecule has 2 aromatic rings. The van der Waals surface area contributed by atoms with E-state index in [1.807, 2.05) is 30.3 Å². The van der Waals surface area contributed by atoms with Gasteiger partial charge >= 0.3 is 0 Å². The second kappa shape index (κ2) is 7.90. The van der Waals surface area contributed by atoms with Crippen LogP contribution in [0.1, 0.15) is 23.2 Å². The Bertz CT molecular complexity index is 906. The van der Waals surface area contributed by atoms with Gasteiger partial charge in [-0.1, -0.05) is 24.3 Å². The fourth-order valence-electron chi connectivity index (χ4n) is 4.51. The first-order chi connectivity index (χ1) is 14.1. The Kier molecular flexibility index (Phi) is 5.31. The molecule has 2 heterocycles. The van der Waals surface area contributed by atoms with E-state index in [0.717, 1.165) is 11.1 Å². The molecule has 4 unspecified atom stereocenters. The number of nitrogens with one attached hydrogen (secondary N) is 2. The summed E-state index contributed by atoms with van der Waals surface area (Å²) < 4.78 is 10.8. The van der Waals surface area contributed by atoms with Crippen LogP contribution in [0.5, 0.6) is 17.2 Å². The third-order valence-corrected chi connectivity index (χ3v) is 5.78. The molecule has 4 rings (SSSR count). The van der Waals surface area contributed by atoms with Crippen LogP contribution in [0, 0.1) is 5.92 Å². The first-order valence-electron chi connectivity index (χ1n) is 9.53. The van der Waals surface area contributed by atoms with E-state index in [4.69, 9.17) is 9.47 Å². The number of amides is 1. The van der Waals surface area contributed by atoms with E-state index in [-0.39, 0.29) is 42.8 Å². The van der Waals surface area contributed by atoms with E-state index in [9.17, 15) is 15.0 Å². The summed E-state index contributed by atoms with van der Waals surface area (Å²) in [6, 6.07) is 11.6. The topological polar surface area (TPSA) is 103 Å². The molecule has 154 valence electrons. The number of aromatic hydroxyl groups is 1. The van der Waals surface area contributed by atoms with Gasteiger partial charge in [0.15, 0.2) is 11.5 Å². The number of phenols is 1. The molecule has 0 radical (unpaired) electrons. The molecule has 8 heteroatoms. The number of carbonyl (C=O) groups excluding carboxylic acids is 1. The van der Waals surface area contributed by atoms with Gasteiger partial charge in [0.05, 0.1) is 32.9 Å². The molecule has 2 aliphatic heterocycles. The highest BCUT2D eigenvalue weighted by molar-refractivity contribution is 5.86. The monoisotopic (exact) mass is 399 g/mol. The summed E-state index contributed by atoms with van der Waals surface area (Å²) in [5.41, 5.74) is 7.87. The fraction of sp³-hybridized carbons (Fsp3) is 0.381. The van der Waals surface area contributed by atoms with Crippen LogP contribution in [0.15, 0.2) is 42.5 Å². The van der Waals surface area contributed by atoms with E-state index >= 15 is 0 Å². The maximum Gasteiger partial charge on any atom is 0.242 e. The molecule has 1 amide bonds. The molecule has 0 aliphatic carbocycles. The molecule has 29 heavy (non-hydrogen) atoms. The van der Waals surface area contributed by atoms with Gasteiger partial charge in [0.25, 0.3) is 0 Å². The third kappa shape index (κ3) is 3.19. The number of fused-ring (bicyclic) bond motifs is 1. The summed E-state index contributed by atoms with van der Waals surface area (Å²) in [4.78, 5) is 14.8. The van der Waals surface area contributed by atoms with Crippen LogP contribution in [-0.4, -0.2) is 54.4 Å². The lowest BCUT2D eigenvalue weighted by Gasteiger charge is -2.31. The van der Waals surface area contributed by atoms with Crippen LogP contribution in [0.2, 0.25) is 0 Å². The Labute approximate surface area is 169 Å². The molecule has 0 spiro atoms. The SMILES string of the molecule is COc1ccc(C2C3C(NNC3c3ccccc3O)C(=O)N2CCO)cc1OC. The third-order valence-electron chi connectivity index (χ3n) is 5.78. The van der Waals surface area contributed by atoms with Gasteiger partial charge in [0, 0.05) is 18.0 Å². The quantitative estimate of drug-likeness (QED) is 0.577. The highest BCUT2D eigenvalue weighted by atomic mass is 16.5. The van der Waals surface area contributed by atoms with E-state index in [1.54, 1.807) is 31.3 Å². The number of likely N-dealkylation sites (tertiary alicyclic amines) is 1. The van der Waals surface area contributed by atoms with Crippen molar-refractivity contribution in [3.63, 3.8) is 0 Å². The number of rotatable bonds is 6. The van der Waals surface area contributed by atoms with Crippen molar-refractivity contribution in [1.82, 2.24) is 15.8 Å². The number of methoxy groups -OCH3 is 2. The van der Waals surface area contributed by atoms with Crippen molar-refractivity contribution >= 4 is 5.91 Å². The van der Waals surface area contributed by atoms with E-state index in [2.05, 4.69) is 10.9 Å². The van der Waals surface area contributed by atoms with Crippen molar-refractivity contribution in [3.05, 3.63) is 53.6 Å². The number of phenolic OH excluding ortho intramolecular Hbond substituents is 1. The lowest BCUT2D eigenvalue weighted by molar-refractivity contribution is -0.131. The predicted molar refractivity (Wildman–Crippen MR) is 105 cm³/mol. The summed E-state index contributed by atoms with van der Waals surface area (Å²) in [7, 11) is 3.14. The Balaban J connectivity index is 1.80. The van der Waals surface area contributed by atoms with Crippen LogP contribution in [0.4, 0.5) is 0 Å². The molecule has 4 atom stereocenters. The van der Waals surface area contributed by atoms with Gasteiger partial charge in [-0.3, -0.25) is 4.79 Å². The van der Waals surface area contributed by atoms with E-state index in [0.29, 0.717) is 11.5 Å². The number of nitrogens with zero attached hydrogens (tertiary/aromatic N) is 1. The Morgan fingerprint density at radius 2 is 1.76 bits per heavy atom. The molecule has 0 aromatic heterocycles. The number of β-amino-alcohol motifs (C(OH)–C–C–N with tert-alkyl or cyclic N) is 1. The number of para-hydroxylation sites is 1. The smallest absolute Gasteiger partial charge is 0.242 e. The molecule has 8 nitrogen and oxygen atoms in total. The molecule has 0 bridgehead atoms. The number of carbonyl (C=O) groups is 1. The summed E-state index contributed by atoms with van der Waals surface area (Å²) >= 11 is 0. The fourth-order valence-corrected chi connectivity index (χ4v) is 4.51. The van der Waals surface area contributed by atoms with Crippen molar-refractivity contribution in [2.45, 2.75) is 18.1 Å². The van der Waals surface area contributed by atoms with E-state index in [1.165, 1.54) is 0 Å². The summed E-state index contributed by atoms with van der Waals surface area (Å²) in [6.45, 7) is 0.0870. The molecular formula is C21H25N3O5. The summed E-state index contributed by atoms with van der Waals surface area (Å²) in [6.07, 6.45) is 0. The molecular weight excluding hydrogens is 374 g/mol. The van der Waals surface area contributed by atoms with Gasteiger partial charge in [0.2, 0.25) is 5.91 Å². The average Bonchev–Trinajstić information content (AvgIpc) is 3.28. The zero-order valence-electron chi connectivity index (χ0n) is 16.3. The molecule has 4 N–H and O–H groups in total. The summed E-state index contributed by atoms with van der Waals surface area (Å²) in [5.74, 6) is 1.06. The van der Waals surface area contributed by atoms with Gasteiger partial charge in [-0.05, 0) is 23.8 Å². The number of aliphatic hydroxyl groups excluding tert-OH is 1. The minimum atomic E-state index is -0.468. The average molecular weight is 399 g/mol. The van der Waals surface area contributed by atoms with Crippen molar-refractivity contribution in [2.75, 3.05) is 27.4 Å². The predicted octanol–water partition coefficient (Wildman–Crippen LogP) is 1.12. The van der Waals surface area contributed by atoms with Crippen LogP contribution >= 0.6 is 0 Å². The number of aliphatic hydroxyl groups is 1. The molecule has 2 fully saturated rings. The lowest BCUT2D eigenvalue weighted by Crippen LogP contribution is -2.42. The largest absolute Gasteiger partial charge is 0.508 e. The zero-order valence-corrected chi connectivity index (χ0v) is 16.3. The van der Waals surface area contributed by atoms with Crippen LogP contribution in [0.3, 0.4) is 0 Å². The van der Waals surface area contributed by atoms with Gasteiger partial charge in [-0.2, -0.15) is 0 Å².